The molecular formula is C12H16FNO3. The summed E-state index contributed by atoms with van der Waals surface area (Å²) < 4.78 is 13.1. The monoisotopic (exact) mass is 241 g/mol. The number of halogens is 1. The third-order valence-electron chi connectivity index (χ3n) is 2.45. The number of benzene rings is 1. The molecule has 0 amide bonds. The van der Waals surface area contributed by atoms with Gasteiger partial charge in [0.05, 0.1) is 0 Å². The van der Waals surface area contributed by atoms with Crippen molar-refractivity contribution in [3.8, 4) is 0 Å². The van der Waals surface area contributed by atoms with E-state index in [4.69, 9.17) is 10.2 Å². The second kappa shape index (κ2) is 6.32. The van der Waals surface area contributed by atoms with Crippen molar-refractivity contribution in [2.24, 2.45) is 0 Å². The van der Waals surface area contributed by atoms with Gasteiger partial charge in [0.25, 0.3) is 0 Å². The number of carbonyl (C=O) groups is 1. The van der Waals surface area contributed by atoms with Gasteiger partial charge in [0.15, 0.2) is 0 Å². The summed E-state index contributed by atoms with van der Waals surface area (Å²) in [5.41, 5.74) is 0.923. The lowest BCUT2D eigenvalue weighted by Gasteiger charge is -2.15. The Labute approximate surface area is 99.1 Å². The van der Waals surface area contributed by atoms with E-state index < -0.39 is 12.0 Å². The largest absolute Gasteiger partial charge is 0.480 e. The van der Waals surface area contributed by atoms with Gasteiger partial charge >= 0.3 is 5.97 Å². The predicted molar refractivity (Wildman–Crippen MR) is 61.2 cm³/mol. The number of hydrogen-bond acceptors (Lipinski definition) is 3. The highest BCUT2D eigenvalue weighted by Crippen LogP contribution is 2.17. The molecule has 5 heteroatoms. The average Bonchev–Trinajstić information content (AvgIpc) is 2.28. The Balaban J connectivity index is 2.82. The molecule has 0 saturated heterocycles. The molecule has 0 heterocycles. The van der Waals surface area contributed by atoms with Gasteiger partial charge in [-0.15, -0.1) is 0 Å². The van der Waals surface area contributed by atoms with Crippen molar-refractivity contribution in [1.82, 2.24) is 5.32 Å². The smallest absolute Gasteiger partial charge is 0.325 e. The van der Waals surface area contributed by atoms with Crippen molar-refractivity contribution in [1.29, 1.82) is 0 Å². The van der Waals surface area contributed by atoms with Gasteiger partial charge in [-0.25, -0.2) is 4.39 Å². The molecule has 3 N–H and O–H groups in total. The van der Waals surface area contributed by atoms with Gasteiger partial charge in [0.2, 0.25) is 0 Å². The molecule has 0 aliphatic heterocycles. The van der Waals surface area contributed by atoms with Crippen LogP contribution in [0.3, 0.4) is 0 Å². The van der Waals surface area contributed by atoms with E-state index in [2.05, 4.69) is 5.32 Å². The number of hydrogen-bond donors (Lipinski definition) is 3. The van der Waals surface area contributed by atoms with Crippen molar-refractivity contribution < 1.29 is 19.4 Å². The van der Waals surface area contributed by atoms with E-state index in [1.165, 1.54) is 18.2 Å². The summed E-state index contributed by atoms with van der Waals surface area (Å²) in [4.78, 5) is 11.1. The summed E-state index contributed by atoms with van der Waals surface area (Å²) in [5, 5.41) is 20.5. The minimum Gasteiger partial charge on any atom is -0.480 e. The zero-order chi connectivity index (χ0) is 12.8. The maximum Gasteiger partial charge on any atom is 0.325 e. The van der Waals surface area contributed by atoms with Crippen LogP contribution in [0.4, 0.5) is 4.39 Å². The Morgan fingerprint density at radius 2 is 2.24 bits per heavy atom. The first kappa shape index (κ1) is 13.6. The minimum absolute atomic E-state index is 0.00177. The molecule has 0 aliphatic carbocycles. The summed E-state index contributed by atoms with van der Waals surface area (Å²) in [6.07, 6.45) is 0.476. The van der Waals surface area contributed by atoms with Crippen molar-refractivity contribution in [3.05, 3.63) is 35.1 Å². The van der Waals surface area contributed by atoms with Crippen LogP contribution in [0.15, 0.2) is 18.2 Å². The molecule has 0 aromatic heterocycles. The van der Waals surface area contributed by atoms with Crippen molar-refractivity contribution in [3.63, 3.8) is 0 Å². The third kappa shape index (κ3) is 3.80. The number of rotatable bonds is 6. The highest BCUT2D eigenvalue weighted by Gasteiger charge is 2.19. The van der Waals surface area contributed by atoms with Gasteiger partial charge in [-0.3, -0.25) is 4.79 Å². The Bertz CT molecular complexity index is 395. The van der Waals surface area contributed by atoms with E-state index in [9.17, 15) is 9.18 Å². The summed E-state index contributed by atoms with van der Waals surface area (Å²) in [7, 11) is 0. The topological polar surface area (TPSA) is 69.6 Å². The van der Waals surface area contributed by atoms with E-state index >= 15 is 0 Å². The van der Waals surface area contributed by atoms with Crippen LogP contribution in [-0.4, -0.2) is 29.3 Å². The molecule has 17 heavy (non-hydrogen) atoms. The number of aliphatic hydroxyl groups is 1. The van der Waals surface area contributed by atoms with Gasteiger partial charge in [0, 0.05) is 6.61 Å². The Morgan fingerprint density at radius 3 is 2.76 bits per heavy atom. The van der Waals surface area contributed by atoms with E-state index in [1.807, 2.05) is 0 Å². The minimum atomic E-state index is -1.02. The van der Waals surface area contributed by atoms with Crippen molar-refractivity contribution >= 4 is 5.97 Å². The normalized spacial score (nSPS) is 12.4. The summed E-state index contributed by atoms with van der Waals surface area (Å²) >= 11 is 0. The van der Waals surface area contributed by atoms with E-state index in [0.29, 0.717) is 24.1 Å². The van der Waals surface area contributed by atoms with Crippen molar-refractivity contribution in [2.75, 3.05) is 13.2 Å². The Morgan fingerprint density at radius 1 is 1.53 bits per heavy atom. The average molecular weight is 241 g/mol. The third-order valence-corrected chi connectivity index (χ3v) is 2.45. The van der Waals surface area contributed by atoms with Crippen LogP contribution in [0.5, 0.6) is 0 Å². The lowest BCUT2D eigenvalue weighted by atomic mass is 10.0. The lowest BCUT2D eigenvalue weighted by Crippen LogP contribution is -2.29. The highest BCUT2D eigenvalue weighted by atomic mass is 19.1. The number of nitrogens with one attached hydrogen (secondary N) is 1. The molecule has 1 aromatic carbocycles. The second-order valence-electron chi connectivity index (χ2n) is 3.81. The predicted octanol–water partition coefficient (Wildman–Crippen LogP) is 1.23. The Hall–Kier alpha value is -1.46. The van der Waals surface area contributed by atoms with Gasteiger partial charge in [-0.1, -0.05) is 12.1 Å². The SMILES string of the molecule is Cc1cc(C(NCCCO)C(=O)O)ccc1F. The van der Waals surface area contributed by atoms with E-state index in [-0.39, 0.29) is 12.4 Å². The summed E-state index contributed by atoms with van der Waals surface area (Å²) in [5.74, 6) is -1.37. The molecule has 0 fully saturated rings. The quantitative estimate of drug-likeness (QED) is 0.655. The fourth-order valence-electron chi connectivity index (χ4n) is 1.52. The van der Waals surface area contributed by atoms with Gasteiger partial charge in [0.1, 0.15) is 11.9 Å². The van der Waals surface area contributed by atoms with Crippen LogP contribution in [0, 0.1) is 12.7 Å². The molecule has 1 atom stereocenters. The summed E-state index contributed by atoms with van der Waals surface area (Å²) in [6.45, 7) is 1.98. The van der Waals surface area contributed by atoms with Crippen molar-refractivity contribution in [2.45, 2.75) is 19.4 Å². The molecule has 1 aromatic rings. The number of aliphatic carboxylic acids is 1. The second-order valence-corrected chi connectivity index (χ2v) is 3.81. The molecule has 0 radical (unpaired) electrons. The van der Waals surface area contributed by atoms with E-state index in [1.54, 1.807) is 6.92 Å². The van der Waals surface area contributed by atoms with Crippen LogP contribution in [0.1, 0.15) is 23.6 Å². The molecule has 4 nitrogen and oxygen atoms in total. The van der Waals surface area contributed by atoms with Crippen LogP contribution in [-0.2, 0) is 4.79 Å². The van der Waals surface area contributed by atoms with Crippen LogP contribution in [0.25, 0.3) is 0 Å². The lowest BCUT2D eigenvalue weighted by molar-refractivity contribution is -0.139. The molecule has 1 rings (SSSR count). The zero-order valence-electron chi connectivity index (χ0n) is 9.61. The maximum absolute atomic E-state index is 13.1. The van der Waals surface area contributed by atoms with Crippen LogP contribution in [0.2, 0.25) is 0 Å². The highest BCUT2D eigenvalue weighted by molar-refractivity contribution is 5.75. The molecule has 1 unspecified atom stereocenters. The maximum atomic E-state index is 13.1. The molecule has 0 aliphatic rings. The van der Waals surface area contributed by atoms with Gasteiger partial charge in [-0.2, -0.15) is 0 Å². The molecule has 94 valence electrons. The number of carboxylic acids is 1. The number of aliphatic hydroxyl groups excluding tert-OH is 1. The summed E-state index contributed by atoms with van der Waals surface area (Å²) in [6, 6.07) is 3.35. The molecular weight excluding hydrogens is 225 g/mol. The zero-order valence-corrected chi connectivity index (χ0v) is 9.61. The molecule has 0 spiro atoms. The first-order chi connectivity index (χ1) is 8.06. The fourth-order valence-corrected chi connectivity index (χ4v) is 1.52. The number of carboxylic acid groups (broad SMARTS) is 1. The van der Waals surface area contributed by atoms with Crippen LogP contribution >= 0.6 is 0 Å². The first-order valence-electron chi connectivity index (χ1n) is 5.39. The standard InChI is InChI=1S/C12H16FNO3/c1-8-7-9(3-4-10(8)13)11(12(16)17)14-5-2-6-15/h3-4,7,11,14-15H,2,5-6H2,1H3,(H,16,17). The molecule has 0 bridgehead atoms. The Kier molecular flexibility index (Phi) is 5.06. The van der Waals surface area contributed by atoms with Gasteiger partial charge < -0.3 is 15.5 Å². The van der Waals surface area contributed by atoms with Gasteiger partial charge in [-0.05, 0) is 37.1 Å². The fraction of sp³-hybridized carbons (Fsp3) is 0.417. The van der Waals surface area contributed by atoms with E-state index in [0.717, 1.165) is 0 Å². The molecule has 0 saturated carbocycles. The first-order valence-corrected chi connectivity index (χ1v) is 5.39. The van der Waals surface area contributed by atoms with Crippen LogP contribution < -0.4 is 5.32 Å². The number of aryl methyl sites for hydroxylation is 1.